The van der Waals surface area contributed by atoms with Gasteiger partial charge in [-0.3, -0.25) is 4.68 Å². The molecule has 0 N–H and O–H groups in total. The van der Waals surface area contributed by atoms with E-state index in [1.165, 1.54) is 0 Å². The molecule has 1 fully saturated rings. The van der Waals surface area contributed by atoms with Gasteiger partial charge in [0.2, 0.25) is 10.0 Å². The van der Waals surface area contributed by atoms with Crippen molar-refractivity contribution in [1.82, 2.24) is 28.7 Å². The number of nitrogens with zero attached hydrogens (tertiary/aromatic N) is 8. The van der Waals surface area contributed by atoms with Gasteiger partial charge in [0.25, 0.3) is 0 Å². The molecule has 1 aliphatic rings. The first-order valence-corrected chi connectivity index (χ1v) is 13.7. The lowest BCUT2D eigenvalue weighted by Gasteiger charge is -2.36. The zero-order valence-corrected chi connectivity index (χ0v) is 22.3. The van der Waals surface area contributed by atoms with Gasteiger partial charge in [-0.2, -0.15) is 19.8 Å². The lowest BCUT2D eigenvalue weighted by Crippen LogP contribution is -2.50. The van der Waals surface area contributed by atoms with Crippen molar-refractivity contribution in [3.8, 4) is 28.3 Å². The zero-order chi connectivity index (χ0) is 26.4. The summed E-state index contributed by atoms with van der Waals surface area (Å²) in [6, 6.07) is 8.20. The molecule has 0 unspecified atom stereocenters. The summed E-state index contributed by atoms with van der Waals surface area (Å²) in [7, 11) is -1.42. The zero-order valence-electron chi connectivity index (χ0n) is 21.5. The maximum atomic E-state index is 12.8. The molecule has 0 spiro atoms. The molecule has 192 valence electrons. The molecule has 0 aliphatic carbocycles. The number of sulfonamides is 1. The number of anilines is 1. The fourth-order valence-corrected chi connectivity index (χ4v) is 6.71. The predicted octanol–water partition coefficient (Wildman–Crippen LogP) is 3.17. The van der Waals surface area contributed by atoms with Crippen molar-refractivity contribution < 1.29 is 8.42 Å². The van der Waals surface area contributed by atoms with Crippen molar-refractivity contribution in [2.45, 2.75) is 20.8 Å². The molecule has 1 aliphatic heterocycles. The van der Waals surface area contributed by atoms with Crippen molar-refractivity contribution in [2.75, 3.05) is 36.8 Å². The fraction of sp³-hybridized carbons (Fsp3) is 0.385. The lowest BCUT2D eigenvalue weighted by atomic mass is 10.0. The number of piperazine rings is 1. The highest BCUT2D eigenvalue weighted by molar-refractivity contribution is 7.89. The molecule has 0 amide bonds. The standard InChI is InChI=1S/C26H30N8O2S/c1-26(2,3)18-37(35,36)33-9-7-32(8-10-33)24-6-5-19(13-28-24)23-11-20(22-15-29-31(4)16-22)17-34-25(23)21(12-27)14-30-34/h5-6,11,13-17H,7-10,18H2,1-4H3. The van der Waals surface area contributed by atoms with Crippen LogP contribution < -0.4 is 4.90 Å². The minimum absolute atomic E-state index is 0.138. The molecule has 0 saturated carbocycles. The fourth-order valence-electron chi connectivity index (χ4n) is 4.72. The minimum Gasteiger partial charge on any atom is -0.354 e. The van der Waals surface area contributed by atoms with Crippen molar-refractivity contribution in [3.63, 3.8) is 0 Å². The second-order valence-electron chi connectivity index (χ2n) is 10.6. The summed E-state index contributed by atoms with van der Waals surface area (Å²) in [5.74, 6) is 0.934. The molecule has 37 heavy (non-hydrogen) atoms. The van der Waals surface area contributed by atoms with Crippen LogP contribution in [0.1, 0.15) is 26.3 Å². The number of aryl methyl sites for hydroxylation is 1. The van der Waals surface area contributed by atoms with E-state index in [2.05, 4.69) is 21.2 Å². The molecular weight excluding hydrogens is 488 g/mol. The Balaban J connectivity index is 1.41. The number of nitriles is 1. The molecule has 0 radical (unpaired) electrons. The average molecular weight is 519 g/mol. The summed E-state index contributed by atoms with van der Waals surface area (Å²) in [6.07, 6.45) is 8.99. The first kappa shape index (κ1) is 24.9. The van der Waals surface area contributed by atoms with E-state index < -0.39 is 10.0 Å². The molecule has 0 bridgehead atoms. The third-order valence-corrected chi connectivity index (χ3v) is 8.78. The normalized spacial score (nSPS) is 15.3. The second kappa shape index (κ2) is 9.28. The van der Waals surface area contributed by atoms with E-state index in [4.69, 9.17) is 4.98 Å². The van der Waals surface area contributed by atoms with Crippen LogP contribution in [0.25, 0.3) is 27.8 Å². The van der Waals surface area contributed by atoms with Crippen LogP contribution in [0, 0.1) is 16.7 Å². The number of fused-ring (bicyclic) bond motifs is 1. The van der Waals surface area contributed by atoms with E-state index in [0.29, 0.717) is 31.7 Å². The first-order chi connectivity index (χ1) is 17.5. The Morgan fingerprint density at radius 1 is 0.973 bits per heavy atom. The maximum Gasteiger partial charge on any atom is 0.214 e. The van der Waals surface area contributed by atoms with E-state index >= 15 is 0 Å². The topological polar surface area (TPSA) is 112 Å². The highest BCUT2D eigenvalue weighted by Gasteiger charge is 2.31. The highest BCUT2D eigenvalue weighted by atomic mass is 32.2. The van der Waals surface area contributed by atoms with Crippen molar-refractivity contribution in [2.24, 2.45) is 12.5 Å². The largest absolute Gasteiger partial charge is 0.354 e. The van der Waals surface area contributed by atoms with Gasteiger partial charge in [-0.1, -0.05) is 20.8 Å². The molecule has 5 rings (SSSR count). The molecule has 0 aromatic carbocycles. The van der Waals surface area contributed by atoms with Gasteiger partial charge in [0.1, 0.15) is 11.9 Å². The Bertz CT molecular complexity index is 1580. The van der Waals surface area contributed by atoms with Crippen molar-refractivity contribution >= 4 is 21.4 Å². The number of hydrogen-bond acceptors (Lipinski definition) is 7. The van der Waals surface area contributed by atoms with Gasteiger partial charge >= 0.3 is 0 Å². The van der Waals surface area contributed by atoms with Crippen LogP contribution in [0.3, 0.4) is 0 Å². The lowest BCUT2D eigenvalue weighted by molar-refractivity contribution is 0.368. The third-order valence-electron chi connectivity index (χ3n) is 6.40. The molecule has 0 atom stereocenters. The average Bonchev–Trinajstić information content (AvgIpc) is 3.48. The summed E-state index contributed by atoms with van der Waals surface area (Å²) >= 11 is 0. The van der Waals surface area contributed by atoms with Crippen molar-refractivity contribution in [3.05, 3.63) is 54.7 Å². The van der Waals surface area contributed by atoms with Gasteiger partial charge in [-0.15, -0.1) is 0 Å². The van der Waals surface area contributed by atoms with E-state index in [1.54, 1.807) is 32.1 Å². The SMILES string of the molecule is Cn1cc(-c2cc(-c3ccc(N4CCN(S(=O)(=O)CC(C)(C)C)CC4)nc3)c3c(C#N)cnn3c2)cn1. The van der Waals surface area contributed by atoms with Crippen LogP contribution in [0.2, 0.25) is 0 Å². The Morgan fingerprint density at radius 3 is 2.32 bits per heavy atom. The number of rotatable bonds is 5. The van der Waals surface area contributed by atoms with Gasteiger partial charge in [-0.25, -0.2) is 17.9 Å². The predicted molar refractivity (Wildman–Crippen MR) is 142 cm³/mol. The van der Waals surface area contributed by atoms with Gasteiger partial charge in [0.15, 0.2) is 0 Å². The van der Waals surface area contributed by atoms with Crippen LogP contribution in [0.15, 0.2) is 49.2 Å². The quantitative estimate of drug-likeness (QED) is 0.399. The van der Waals surface area contributed by atoms with Crippen molar-refractivity contribution in [1.29, 1.82) is 5.26 Å². The second-order valence-corrected chi connectivity index (χ2v) is 12.6. The third kappa shape index (κ3) is 5.08. The Kier molecular flexibility index (Phi) is 6.25. The Labute approximate surface area is 216 Å². The van der Waals surface area contributed by atoms with Crippen LogP contribution in [-0.2, 0) is 17.1 Å². The Hall–Kier alpha value is -3.75. The summed E-state index contributed by atoms with van der Waals surface area (Å²) in [5.41, 5.74) is 4.53. The molecule has 4 aromatic heterocycles. The van der Waals surface area contributed by atoms with E-state index in [-0.39, 0.29) is 11.2 Å². The summed E-state index contributed by atoms with van der Waals surface area (Å²) in [6.45, 7) is 7.87. The molecule has 4 aromatic rings. The monoisotopic (exact) mass is 518 g/mol. The molecule has 10 nitrogen and oxygen atoms in total. The number of aromatic nitrogens is 5. The molecule has 5 heterocycles. The number of hydrogen-bond donors (Lipinski definition) is 0. The first-order valence-electron chi connectivity index (χ1n) is 12.1. The Morgan fingerprint density at radius 2 is 1.73 bits per heavy atom. The van der Waals surface area contributed by atoms with E-state index in [9.17, 15) is 13.7 Å². The maximum absolute atomic E-state index is 12.8. The van der Waals surface area contributed by atoms with Gasteiger partial charge in [-0.05, 0) is 23.6 Å². The smallest absolute Gasteiger partial charge is 0.214 e. The summed E-state index contributed by atoms with van der Waals surface area (Å²) in [5, 5.41) is 18.3. The summed E-state index contributed by atoms with van der Waals surface area (Å²) in [4.78, 5) is 6.81. The minimum atomic E-state index is -3.29. The molecule has 11 heteroatoms. The summed E-state index contributed by atoms with van der Waals surface area (Å²) < 4.78 is 30.6. The molecular formula is C26H30N8O2S. The van der Waals surface area contributed by atoms with E-state index in [0.717, 1.165) is 33.6 Å². The van der Waals surface area contributed by atoms with Crippen LogP contribution in [0.4, 0.5) is 5.82 Å². The van der Waals surface area contributed by atoms with Gasteiger partial charge < -0.3 is 4.90 Å². The number of pyridine rings is 2. The van der Waals surface area contributed by atoms with Crippen LogP contribution >= 0.6 is 0 Å². The van der Waals surface area contributed by atoms with E-state index in [1.807, 2.05) is 58.4 Å². The van der Waals surface area contributed by atoms with Crippen LogP contribution in [0.5, 0.6) is 0 Å². The van der Waals surface area contributed by atoms with Gasteiger partial charge in [0, 0.05) is 74.1 Å². The van der Waals surface area contributed by atoms with Gasteiger partial charge in [0.05, 0.1) is 29.2 Å². The molecule has 1 saturated heterocycles. The highest BCUT2D eigenvalue weighted by Crippen LogP contribution is 2.32. The van der Waals surface area contributed by atoms with Crippen LogP contribution in [-0.4, -0.2) is 69.0 Å².